The van der Waals surface area contributed by atoms with Crippen LogP contribution in [0.3, 0.4) is 0 Å². The topological polar surface area (TPSA) is 29.1 Å². The summed E-state index contributed by atoms with van der Waals surface area (Å²) >= 11 is 9.58. The van der Waals surface area contributed by atoms with Crippen LogP contribution in [-0.2, 0) is 4.79 Å². The highest BCUT2D eigenvalue weighted by Gasteiger charge is 2.11. The summed E-state index contributed by atoms with van der Waals surface area (Å²) in [6.07, 6.45) is 0. The van der Waals surface area contributed by atoms with Crippen molar-refractivity contribution in [3.05, 3.63) is 29.0 Å². The molecule has 0 saturated heterocycles. The molecule has 2 nitrogen and oxygen atoms in total. The first kappa shape index (κ1) is 12.3. The molecule has 1 aromatic rings. The monoisotopic (exact) mass is 247 g/mol. The van der Waals surface area contributed by atoms with Gasteiger partial charge in [0.1, 0.15) is 5.82 Å². The van der Waals surface area contributed by atoms with E-state index in [0.717, 1.165) is 0 Å². The zero-order valence-electron chi connectivity index (χ0n) is 8.13. The molecule has 0 fully saturated rings. The first-order chi connectivity index (χ1) is 7.04. The van der Waals surface area contributed by atoms with Crippen molar-refractivity contribution in [1.82, 2.24) is 0 Å². The lowest BCUT2D eigenvalue weighted by Crippen LogP contribution is -2.21. The van der Waals surface area contributed by atoms with Crippen molar-refractivity contribution in [1.29, 1.82) is 0 Å². The molecule has 1 N–H and O–H groups in total. The summed E-state index contributed by atoms with van der Waals surface area (Å²) in [6.45, 7) is 1.76. The van der Waals surface area contributed by atoms with Gasteiger partial charge in [0, 0.05) is 17.4 Å². The second kappa shape index (κ2) is 5.37. The number of carbonyl (C=O) groups excluding carboxylic acids is 1. The molecule has 1 unspecified atom stereocenters. The van der Waals surface area contributed by atoms with Gasteiger partial charge in [-0.1, -0.05) is 18.5 Å². The van der Waals surface area contributed by atoms with E-state index >= 15 is 0 Å². The van der Waals surface area contributed by atoms with Crippen LogP contribution in [0.2, 0.25) is 5.02 Å². The smallest absolute Gasteiger partial charge is 0.228 e. The standard InChI is InChI=1S/C10H11ClFNOS/c1-6(5-15)10(14)13-7-2-3-9(12)8(11)4-7/h2-4,6,15H,5H2,1H3,(H,13,14). The predicted octanol–water partition coefficient (Wildman–Crippen LogP) is 2.98. The minimum atomic E-state index is -0.503. The van der Waals surface area contributed by atoms with E-state index in [2.05, 4.69) is 17.9 Å². The highest BCUT2D eigenvalue weighted by molar-refractivity contribution is 7.80. The summed E-state index contributed by atoms with van der Waals surface area (Å²) in [5.74, 6) is -0.400. The maximum atomic E-state index is 12.8. The molecular formula is C10H11ClFNOS. The lowest BCUT2D eigenvalue weighted by molar-refractivity contribution is -0.118. The summed E-state index contributed by atoms with van der Waals surface area (Å²) in [5.41, 5.74) is 0.486. The van der Waals surface area contributed by atoms with Crippen molar-refractivity contribution in [2.75, 3.05) is 11.1 Å². The molecule has 0 bridgehead atoms. The van der Waals surface area contributed by atoms with E-state index in [4.69, 9.17) is 11.6 Å². The highest BCUT2D eigenvalue weighted by Crippen LogP contribution is 2.19. The summed E-state index contributed by atoms with van der Waals surface area (Å²) in [7, 11) is 0. The van der Waals surface area contributed by atoms with Crippen molar-refractivity contribution in [3.63, 3.8) is 0 Å². The van der Waals surface area contributed by atoms with E-state index in [1.54, 1.807) is 6.92 Å². The van der Waals surface area contributed by atoms with Crippen molar-refractivity contribution in [3.8, 4) is 0 Å². The Bertz CT molecular complexity index is 372. The molecule has 0 aliphatic rings. The first-order valence-electron chi connectivity index (χ1n) is 4.41. The van der Waals surface area contributed by atoms with Gasteiger partial charge >= 0.3 is 0 Å². The van der Waals surface area contributed by atoms with Gasteiger partial charge in [-0.2, -0.15) is 12.6 Å². The quantitative estimate of drug-likeness (QED) is 0.790. The number of benzene rings is 1. The molecule has 0 saturated carbocycles. The number of carbonyl (C=O) groups is 1. The van der Waals surface area contributed by atoms with E-state index < -0.39 is 5.82 Å². The van der Waals surface area contributed by atoms with Crippen molar-refractivity contribution < 1.29 is 9.18 Å². The highest BCUT2D eigenvalue weighted by atomic mass is 35.5. The fourth-order valence-electron chi connectivity index (χ4n) is 0.922. The molecule has 1 rings (SSSR count). The second-order valence-electron chi connectivity index (χ2n) is 3.20. The fraction of sp³-hybridized carbons (Fsp3) is 0.300. The van der Waals surface area contributed by atoms with Crippen LogP contribution in [0.5, 0.6) is 0 Å². The summed E-state index contributed by atoms with van der Waals surface area (Å²) in [5, 5.41) is 2.61. The lowest BCUT2D eigenvalue weighted by atomic mass is 10.2. The van der Waals surface area contributed by atoms with Crippen LogP contribution < -0.4 is 5.32 Å². The van der Waals surface area contributed by atoms with Gasteiger partial charge in [0.2, 0.25) is 5.91 Å². The van der Waals surface area contributed by atoms with E-state index in [1.807, 2.05) is 0 Å². The first-order valence-corrected chi connectivity index (χ1v) is 5.42. The average Bonchev–Trinajstić information content (AvgIpc) is 2.22. The Morgan fingerprint density at radius 1 is 1.67 bits per heavy atom. The molecule has 0 aliphatic heterocycles. The van der Waals surface area contributed by atoms with E-state index in [-0.39, 0.29) is 16.8 Å². The van der Waals surface area contributed by atoms with Gasteiger partial charge in [-0.25, -0.2) is 4.39 Å². The Morgan fingerprint density at radius 2 is 2.33 bits per heavy atom. The van der Waals surface area contributed by atoms with Gasteiger partial charge in [0.05, 0.1) is 5.02 Å². The third kappa shape index (κ3) is 3.39. The number of rotatable bonds is 3. The van der Waals surface area contributed by atoms with Crippen molar-refractivity contribution in [2.24, 2.45) is 5.92 Å². The summed E-state index contributed by atoms with van der Waals surface area (Å²) < 4.78 is 12.8. The van der Waals surface area contributed by atoms with Crippen LogP contribution in [0.1, 0.15) is 6.92 Å². The molecule has 0 heterocycles. The molecule has 82 valence electrons. The maximum Gasteiger partial charge on any atom is 0.228 e. The van der Waals surface area contributed by atoms with Gasteiger partial charge in [-0.15, -0.1) is 0 Å². The van der Waals surface area contributed by atoms with E-state index in [1.165, 1.54) is 18.2 Å². The van der Waals surface area contributed by atoms with Gasteiger partial charge in [-0.3, -0.25) is 4.79 Å². The number of amides is 1. The molecule has 0 aliphatic carbocycles. The molecule has 5 heteroatoms. The molecule has 1 amide bonds. The number of thiol groups is 1. The Balaban J connectivity index is 2.73. The number of halogens is 2. The van der Waals surface area contributed by atoms with Crippen molar-refractivity contribution in [2.45, 2.75) is 6.92 Å². The van der Waals surface area contributed by atoms with Gasteiger partial charge in [0.15, 0.2) is 0 Å². The summed E-state index contributed by atoms with van der Waals surface area (Å²) in [4.78, 5) is 11.4. The number of hydrogen-bond donors (Lipinski definition) is 2. The Morgan fingerprint density at radius 3 is 2.87 bits per heavy atom. The maximum absolute atomic E-state index is 12.8. The number of nitrogens with one attached hydrogen (secondary N) is 1. The second-order valence-corrected chi connectivity index (χ2v) is 3.97. The minimum Gasteiger partial charge on any atom is -0.326 e. The van der Waals surface area contributed by atoms with Crippen LogP contribution in [0.25, 0.3) is 0 Å². The van der Waals surface area contributed by atoms with Crippen LogP contribution in [-0.4, -0.2) is 11.7 Å². The molecule has 0 radical (unpaired) electrons. The predicted molar refractivity (Wildman–Crippen MR) is 63.1 cm³/mol. The molecule has 0 aromatic heterocycles. The Hall–Kier alpha value is -0.740. The SMILES string of the molecule is CC(CS)C(=O)Nc1ccc(F)c(Cl)c1. The number of anilines is 1. The zero-order valence-corrected chi connectivity index (χ0v) is 9.78. The van der Waals surface area contributed by atoms with Crippen molar-refractivity contribution >= 4 is 35.8 Å². The molecular weight excluding hydrogens is 237 g/mol. The molecule has 0 spiro atoms. The normalized spacial score (nSPS) is 12.3. The lowest BCUT2D eigenvalue weighted by Gasteiger charge is -2.09. The van der Waals surface area contributed by atoms with Crippen LogP contribution >= 0.6 is 24.2 Å². The van der Waals surface area contributed by atoms with E-state index in [0.29, 0.717) is 11.4 Å². The van der Waals surface area contributed by atoms with Crippen LogP contribution in [0, 0.1) is 11.7 Å². The zero-order chi connectivity index (χ0) is 11.4. The Labute approximate surface area is 98.2 Å². The number of hydrogen-bond acceptors (Lipinski definition) is 2. The largest absolute Gasteiger partial charge is 0.326 e. The van der Waals surface area contributed by atoms with Crippen LogP contribution in [0.4, 0.5) is 10.1 Å². The average molecular weight is 248 g/mol. The van der Waals surface area contributed by atoms with Gasteiger partial charge < -0.3 is 5.32 Å². The van der Waals surface area contributed by atoms with Gasteiger partial charge in [-0.05, 0) is 18.2 Å². The van der Waals surface area contributed by atoms with E-state index in [9.17, 15) is 9.18 Å². The third-order valence-corrected chi connectivity index (χ3v) is 2.75. The summed E-state index contributed by atoms with van der Waals surface area (Å²) in [6, 6.07) is 4.05. The molecule has 1 aromatic carbocycles. The minimum absolute atomic E-state index is 0.00803. The van der Waals surface area contributed by atoms with Gasteiger partial charge in [0.25, 0.3) is 0 Å². The Kier molecular flexibility index (Phi) is 4.42. The molecule has 1 atom stereocenters. The molecule has 15 heavy (non-hydrogen) atoms. The fourth-order valence-corrected chi connectivity index (χ4v) is 1.27. The third-order valence-electron chi connectivity index (χ3n) is 1.91. The van der Waals surface area contributed by atoms with Crippen LogP contribution in [0.15, 0.2) is 18.2 Å².